The van der Waals surface area contributed by atoms with Crippen molar-refractivity contribution >= 4 is 21.4 Å². The van der Waals surface area contributed by atoms with E-state index in [1.807, 2.05) is 0 Å². The molecule has 3 N–H and O–H groups in total. The zero-order valence-corrected chi connectivity index (χ0v) is 12.6. The zero-order valence-electron chi connectivity index (χ0n) is 11.8. The number of hydrogen-bond donors (Lipinski definition) is 2. The molecule has 0 aromatic heterocycles. The van der Waals surface area contributed by atoms with Crippen LogP contribution in [0.15, 0.2) is 23.1 Å². The smallest absolute Gasteiger partial charge is 0.293 e. The molecule has 2 rings (SSSR count). The molecule has 0 radical (unpaired) electrons. The Hall–Kier alpha value is -1.67. The van der Waals surface area contributed by atoms with Crippen molar-refractivity contribution in [1.82, 2.24) is 4.72 Å². The van der Waals surface area contributed by atoms with E-state index in [1.165, 1.54) is 12.1 Å². The van der Waals surface area contributed by atoms with Gasteiger partial charge >= 0.3 is 0 Å². The van der Waals surface area contributed by atoms with Crippen LogP contribution in [0.3, 0.4) is 0 Å². The summed E-state index contributed by atoms with van der Waals surface area (Å²) in [6.45, 7) is 2.09. The number of nitrogens with two attached hydrogens (primary N) is 1. The summed E-state index contributed by atoms with van der Waals surface area (Å²) in [5, 5.41) is 10.8. The SMILES string of the molecule is CC1CCCC(NS(=O)(=O)c2ccc(N)c([N+](=O)[O-])c2)C1. The van der Waals surface area contributed by atoms with Crippen molar-refractivity contribution in [1.29, 1.82) is 0 Å². The van der Waals surface area contributed by atoms with Crippen LogP contribution in [0.25, 0.3) is 0 Å². The normalized spacial score (nSPS) is 22.9. The number of rotatable bonds is 4. The predicted octanol–water partition coefficient (Wildman–Crippen LogP) is 2.03. The number of sulfonamides is 1. The molecule has 2 unspecified atom stereocenters. The molecule has 0 spiro atoms. The van der Waals surface area contributed by atoms with E-state index in [-0.39, 0.29) is 16.6 Å². The Morgan fingerprint density at radius 3 is 2.71 bits per heavy atom. The van der Waals surface area contributed by atoms with E-state index in [0.29, 0.717) is 5.92 Å². The average molecular weight is 313 g/mol. The van der Waals surface area contributed by atoms with E-state index < -0.39 is 20.6 Å². The lowest BCUT2D eigenvalue weighted by molar-refractivity contribution is -0.384. The molecule has 0 amide bonds. The number of benzene rings is 1. The van der Waals surface area contributed by atoms with Crippen LogP contribution < -0.4 is 10.5 Å². The van der Waals surface area contributed by atoms with Crippen molar-refractivity contribution in [3.05, 3.63) is 28.3 Å². The first-order valence-corrected chi connectivity index (χ1v) is 8.34. The molecule has 0 saturated heterocycles. The van der Waals surface area contributed by atoms with Gasteiger partial charge in [-0.15, -0.1) is 0 Å². The fourth-order valence-corrected chi connectivity index (χ4v) is 3.98. The highest BCUT2D eigenvalue weighted by molar-refractivity contribution is 7.89. The Morgan fingerprint density at radius 1 is 1.38 bits per heavy atom. The maximum Gasteiger partial charge on any atom is 0.293 e. The third-order valence-electron chi connectivity index (χ3n) is 3.77. The lowest BCUT2D eigenvalue weighted by atomic mass is 9.88. The Labute approximate surface area is 123 Å². The highest BCUT2D eigenvalue weighted by Crippen LogP contribution is 2.27. The lowest BCUT2D eigenvalue weighted by Gasteiger charge is -2.27. The molecule has 1 aliphatic carbocycles. The maximum absolute atomic E-state index is 12.3. The molecule has 116 valence electrons. The van der Waals surface area contributed by atoms with E-state index in [2.05, 4.69) is 11.6 Å². The molecule has 1 aromatic rings. The van der Waals surface area contributed by atoms with Crippen molar-refractivity contribution in [3.63, 3.8) is 0 Å². The maximum atomic E-state index is 12.3. The molecule has 0 heterocycles. The predicted molar refractivity (Wildman–Crippen MR) is 79.3 cm³/mol. The van der Waals surface area contributed by atoms with Gasteiger partial charge in [0.2, 0.25) is 10.0 Å². The molecule has 8 heteroatoms. The van der Waals surface area contributed by atoms with E-state index in [4.69, 9.17) is 5.73 Å². The van der Waals surface area contributed by atoms with Gasteiger partial charge in [-0.25, -0.2) is 13.1 Å². The lowest BCUT2D eigenvalue weighted by Crippen LogP contribution is -2.37. The summed E-state index contributed by atoms with van der Waals surface area (Å²) < 4.78 is 27.3. The van der Waals surface area contributed by atoms with Crippen LogP contribution in [0.4, 0.5) is 11.4 Å². The van der Waals surface area contributed by atoms with Crippen molar-refractivity contribution in [2.45, 2.75) is 43.5 Å². The molecular formula is C13H19N3O4S. The number of nitro benzene ring substituents is 1. The van der Waals surface area contributed by atoms with Crippen LogP contribution in [0.2, 0.25) is 0 Å². The molecule has 7 nitrogen and oxygen atoms in total. The van der Waals surface area contributed by atoms with Gasteiger partial charge in [-0.1, -0.05) is 19.8 Å². The summed E-state index contributed by atoms with van der Waals surface area (Å²) in [6, 6.07) is 3.42. The van der Waals surface area contributed by atoms with E-state index >= 15 is 0 Å². The third-order valence-corrected chi connectivity index (χ3v) is 5.29. The van der Waals surface area contributed by atoms with Gasteiger partial charge in [-0.3, -0.25) is 10.1 Å². The van der Waals surface area contributed by atoms with Crippen molar-refractivity contribution < 1.29 is 13.3 Å². The molecule has 21 heavy (non-hydrogen) atoms. The van der Waals surface area contributed by atoms with Crippen molar-refractivity contribution in [3.8, 4) is 0 Å². The van der Waals surface area contributed by atoms with Gasteiger partial charge in [0.05, 0.1) is 9.82 Å². The summed E-state index contributed by atoms with van der Waals surface area (Å²) in [7, 11) is -3.77. The second kappa shape index (κ2) is 5.98. The summed E-state index contributed by atoms with van der Waals surface area (Å²) in [5.74, 6) is 0.479. The van der Waals surface area contributed by atoms with Gasteiger partial charge in [0.15, 0.2) is 0 Å². The fourth-order valence-electron chi connectivity index (χ4n) is 2.68. The third kappa shape index (κ3) is 3.70. The number of nitro groups is 1. The highest BCUT2D eigenvalue weighted by Gasteiger charge is 2.26. The number of nitrogens with zero attached hydrogens (tertiary/aromatic N) is 1. The Kier molecular flexibility index (Phi) is 4.48. The first kappa shape index (κ1) is 15.7. The average Bonchev–Trinajstić information content (AvgIpc) is 2.38. The van der Waals surface area contributed by atoms with E-state index in [1.54, 1.807) is 0 Å². The number of hydrogen-bond acceptors (Lipinski definition) is 5. The van der Waals surface area contributed by atoms with Crippen LogP contribution in [0.5, 0.6) is 0 Å². The van der Waals surface area contributed by atoms with Gasteiger partial charge < -0.3 is 5.73 Å². The molecule has 2 atom stereocenters. The monoisotopic (exact) mass is 313 g/mol. The minimum atomic E-state index is -3.77. The van der Waals surface area contributed by atoms with Gasteiger partial charge in [-0.05, 0) is 30.9 Å². The zero-order chi connectivity index (χ0) is 15.6. The van der Waals surface area contributed by atoms with Crippen LogP contribution in [0, 0.1) is 16.0 Å². The van der Waals surface area contributed by atoms with Gasteiger partial charge in [0, 0.05) is 12.1 Å². The van der Waals surface area contributed by atoms with Gasteiger partial charge in [0.25, 0.3) is 5.69 Å². The first-order chi connectivity index (χ1) is 9.79. The topological polar surface area (TPSA) is 115 Å². The standard InChI is InChI=1S/C13H19N3O4S/c1-9-3-2-4-10(7-9)15-21(19,20)11-5-6-12(14)13(8-11)16(17)18/h5-6,8-10,15H,2-4,7,14H2,1H3. The van der Waals surface area contributed by atoms with Gasteiger partial charge in [0.1, 0.15) is 5.69 Å². The molecular weight excluding hydrogens is 294 g/mol. The molecule has 1 aromatic carbocycles. The highest BCUT2D eigenvalue weighted by atomic mass is 32.2. The van der Waals surface area contributed by atoms with Crippen LogP contribution in [-0.2, 0) is 10.0 Å². The second-order valence-electron chi connectivity index (χ2n) is 5.57. The summed E-state index contributed by atoms with van der Waals surface area (Å²) in [5.41, 5.74) is 5.03. The van der Waals surface area contributed by atoms with Crippen molar-refractivity contribution in [2.24, 2.45) is 5.92 Å². The molecule has 0 bridgehead atoms. The molecule has 0 aliphatic heterocycles. The first-order valence-electron chi connectivity index (χ1n) is 6.86. The van der Waals surface area contributed by atoms with Crippen LogP contribution in [-0.4, -0.2) is 19.4 Å². The largest absolute Gasteiger partial charge is 0.393 e. The summed E-state index contributed by atoms with van der Waals surface area (Å²) >= 11 is 0. The number of nitrogens with one attached hydrogen (secondary N) is 1. The van der Waals surface area contributed by atoms with Crippen LogP contribution in [0.1, 0.15) is 32.6 Å². The van der Waals surface area contributed by atoms with Crippen molar-refractivity contribution in [2.75, 3.05) is 5.73 Å². The van der Waals surface area contributed by atoms with Gasteiger partial charge in [-0.2, -0.15) is 0 Å². The quantitative estimate of drug-likeness (QED) is 0.501. The van der Waals surface area contributed by atoms with E-state index in [0.717, 1.165) is 31.7 Å². The molecule has 1 aliphatic rings. The fraction of sp³-hybridized carbons (Fsp3) is 0.538. The molecule has 1 saturated carbocycles. The molecule has 1 fully saturated rings. The Bertz CT molecular complexity index is 645. The Balaban J connectivity index is 2.23. The van der Waals surface area contributed by atoms with E-state index in [9.17, 15) is 18.5 Å². The Morgan fingerprint density at radius 2 is 2.10 bits per heavy atom. The number of anilines is 1. The minimum absolute atomic E-state index is 0.0507. The summed E-state index contributed by atoms with van der Waals surface area (Å²) in [4.78, 5) is 10.0. The second-order valence-corrected chi connectivity index (χ2v) is 7.28. The summed E-state index contributed by atoms with van der Waals surface area (Å²) in [6.07, 6.45) is 3.67. The number of nitrogen functional groups attached to an aromatic ring is 1. The van der Waals surface area contributed by atoms with Crippen LogP contribution >= 0.6 is 0 Å². The minimum Gasteiger partial charge on any atom is -0.393 e.